The summed E-state index contributed by atoms with van der Waals surface area (Å²) >= 11 is 1.20. The Morgan fingerprint density at radius 3 is 2.62 bits per heavy atom. The molecule has 7 heteroatoms. The van der Waals surface area contributed by atoms with Gasteiger partial charge in [0.1, 0.15) is 0 Å². The minimum absolute atomic E-state index is 0.0113. The highest BCUT2D eigenvalue weighted by Gasteiger charge is 2.19. The van der Waals surface area contributed by atoms with Gasteiger partial charge in [-0.3, -0.25) is 10.1 Å². The van der Waals surface area contributed by atoms with Crippen molar-refractivity contribution < 1.29 is 18.8 Å². The van der Waals surface area contributed by atoms with Gasteiger partial charge in [-0.1, -0.05) is 12.1 Å². The molecule has 0 aliphatic heterocycles. The third kappa shape index (κ3) is 3.38. The highest BCUT2D eigenvalue weighted by Crippen LogP contribution is 2.28. The van der Waals surface area contributed by atoms with Gasteiger partial charge in [0.15, 0.2) is 11.6 Å². The maximum atomic E-state index is 13.4. The van der Waals surface area contributed by atoms with E-state index in [1.807, 2.05) is 0 Å². The Labute approximate surface area is 123 Å². The standard InChI is InChI=1S/C14H10FNO4S/c1-21-13-7-6-9(8-11(13)16(18)19)14(17)20-12-5-3-2-4-10(12)15/h2-8H,1H3. The summed E-state index contributed by atoms with van der Waals surface area (Å²) in [7, 11) is 0. The molecule has 0 radical (unpaired) electrons. The Morgan fingerprint density at radius 1 is 1.29 bits per heavy atom. The lowest BCUT2D eigenvalue weighted by molar-refractivity contribution is -0.387. The Balaban J connectivity index is 2.30. The number of thioether (sulfide) groups is 1. The number of halogens is 1. The minimum Gasteiger partial charge on any atom is -0.420 e. The van der Waals surface area contributed by atoms with Gasteiger partial charge in [0.25, 0.3) is 5.69 Å². The highest BCUT2D eigenvalue weighted by molar-refractivity contribution is 7.98. The molecule has 2 aromatic rings. The van der Waals surface area contributed by atoms with Crippen molar-refractivity contribution in [3.8, 4) is 5.75 Å². The number of rotatable bonds is 4. The van der Waals surface area contributed by atoms with Crippen LogP contribution in [0.2, 0.25) is 0 Å². The zero-order valence-electron chi connectivity index (χ0n) is 10.9. The van der Waals surface area contributed by atoms with Gasteiger partial charge in [-0.15, -0.1) is 11.8 Å². The Kier molecular flexibility index (Phi) is 4.54. The largest absolute Gasteiger partial charge is 0.420 e. The number of nitrogens with zero attached hydrogens (tertiary/aromatic N) is 1. The maximum Gasteiger partial charge on any atom is 0.343 e. The number of para-hydroxylation sites is 1. The van der Waals surface area contributed by atoms with Crippen LogP contribution in [-0.4, -0.2) is 17.1 Å². The lowest BCUT2D eigenvalue weighted by Gasteiger charge is -2.06. The first kappa shape index (κ1) is 15.0. The van der Waals surface area contributed by atoms with Crippen LogP contribution in [0.5, 0.6) is 5.75 Å². The summed E-state index contributed by atoms with van der Waals surface area (Å²) in [5.74, 6) is -1.75. The van der Waals surface area contributed by atoms with Crippen LogP contribution >= 0.6 is 11.8 Å². The summed E-state index contributed by atoms with van der Waals surface area (Å²) in [6.45, 7) is 0. The molecule has 0 heterocycles. The number of carbonyl (C=O) groups excluding carboxylic acids is 1. The molecule has 0 unspecified atom stereocenters. The molecule has 0 N–H and O–H groups in total. The van der Waals surface area contributed by atoms with Crippen LogP contribution in [0.15, 0.2) is 47.4 Å². The number of nitro benzene ring substituents is 1. The second kappa shape index (κ2) is 6.36. The predicted molar refractivity (Wildman–Crippen MR) is 76.2 cm³/mol. The van der Waals surface area contributed by atoms with Crippen LogP contribution < -0.4 is 4.74 Å². The lowest BCUT2D eigenvalue weighted by Crippen LogP contribution is -2.10. The summed E-state index contributed by atoms with van der Waals surface area (Å²) in [4.78, 5) is 22.7. The van der Waals surface area contributed by atoms with Crippen molar-refractivity contribution in [2.45, 2.75) is 4.90 Å². The molecule has 21 heavy (non-hydrogen) atoms. The van der Waals surface area contributed by atoms with E-state index < -0.39 is 16.7 Å². The smallest absolute Gasteiger partial charge is 0.343 e. The van der Waals surface area contributed by atoms with E-state index in [0.717, 1.165) is 12.1 Å². The van der Waals surface area contributed by atoms with Crippen molar-refractivity contribution in [3.63, 3.8) is 0 Å². The topological polar surface area (TPSA) is 69.4 Å². The van der Waals surface area contributed by atoms with Gasteiger partial charge in [-0.25, -0.2) is 9.18 Å². The van der Waals surface area contributed by atoms with E-state index in [-0.39, 0.29) is 17.0 Å². The maximum absolute atomic E-state index is 13.4. The molecule has 0 spiro atoms. The number of carbonyl (C=O) groups is 1. The molecule has 2 aromatic carbocycles. The number of nitro groups is 1. The number of hydrogen-bond acceptors (Lipinski definition) is 5. The third-order valence-corrected chi connectivity index (χ3v) is 3.44. The summed E-state index contributed by atoms with van der Waals surface area (Å²) in [5, 5.41) is 10.9. The number of ether oxygens (including phenoxy) is 1. The van der Waals surface area contributed by atoms with Crippen molar-refractivity contribution in [1.82, 2.24) is 0 Å². The first-order chi connectivity index (χ1) is 10.0. The van der Waals surface area contributed by atoms with Gasteiger partial charge in [-0.2, -0.15) is 0 Å². The molecule has 0 aliphatic rings. The molecule has 0 aromatic heterocycles. The minimum atomic E-state index is -0.851. The first-order valence-corrected chi connectivity index (χ1v) is 7.04. The molecule has 0 bridgehead atoms. The average molecular weight is 307 g/mol. The molecule has 0 saturated carbocycles. The quantitative estimate of drug-likeness (QED) is 0.283. The van der Waals surface area contributed by atoms with Crippen LogP contribution in [0, 0.1) is 15.9 Å². The summed E-state index contributed by atoms with van der Waals surface area (Å²) < 4.78 is 18.3. The monoisotopic (exact) mass is 307 g/mol. The van der Waals surface area contributed by atoms with Gasteiger partial charge in [0.2, 0.25) is 0 Å². The predicted octanol–water partition coefficient (Wildman–Crippen LogP) is 3.68. The number of esters is 1. The van der Waals surface area contributed by atoms with Crippen molar-refractivity contribution in [2.24, 2.45) is 0 Å². The molecular formula is C14H10FNO4S. The molecule has 0 aliphatic carbocycles. The average Bonchev–Trinajstić information content (AvgIpc) is 2.48. The lowest BCUT2D eigenvalue weighted by atomic mass is 10.2. The van der Waals surface area contributed by atoms with Crippen LogP contribution in [0.1, 0.15) is 10.4 Å². The van der Waals surface area contributed by atoms with Crippen molar-refractivity contribution in [3.05, 3.63) is 64.0 Å². The first-order valence-electron chi connectivity index (χ1n) is 5.82. The number of hydrogen-bond donors (Lipinski definition) is 0. The highest BCUT2D eigenvalue weighted by atomic mass is 32.2. The fraction of sp³-hybridized carbons (Fsp3) is 0.0714. The second-order valence-corrected chi connectivity index (χ2v) is 4.81. The fourth-order valence-electron chi connectivity index (χ4n) is 1.65. The van der Waals surface area contributed by atoms with Gasteiger partial charge in [0.05, 0.1) is 15.4 Å². The number of benzene rings is 2. The van der Waals surface area contributed by atoms with Gasteiger partial charge >= 0.3 is 5.97 Å². The molecule has 0 fully saturated rings. The summed E-state index contributed by atoms with van der Waals surface area (Å²) in [6.07, 6.45) is 1.69. The van der Waals surface area contributed by atoms with E-state index in [1.54, 1.807) is 6.26 Å². The molecular weight excluding hydrogens is 297 g/mol. The van der Waals surface area contributed by atoms with Crippen LogP contribution in [0.4, 0.5) is 10.1 Å². The third-order valence-electron chi connectivity index (χ3n) is 2.65. The van der Waals surface area contributed by atoms with E-state index in [0.29, 0.717) is 4.90 Å². The van der Waals surface area contributed by atoms with Gasteiger partial charge in [-0.05, 0) is 30.5 Å². The molecule has 0 saturated heterocycles. The zero-order chi connectivity index (χ0) is 15.4. The van der Waals surface area contributed by atoms with Gasteiger partial charge < -0.3 is 4.74 Å². The normalized spacial score (nSPS) is 10.2. The van der Waals surface area contributed by atoms with Crippen molar-refractivity contribution in [1.29, 1.82) is 0 Å². The molecule has 2 rings (SSSR count). The van der Waals surface area contributed by atoms with E-state index in [4.69, 9.17) is 4.74 Å². The van der Waals surface area contributed by atoms with Crippen LogP contribution in [-0.2, 0) is 0 Å². The second-order valence-electron chi connectivity index (χ2n) is 3.96. The van der Waals surface area contributed by atoms with Crippen molar-refractivity contribution >= 4 is 23.4 Å². The van der Waals surface area contributed by atoms with E-state index in [2.05, 4.69) is 0 Å². The Morgan fingerprint density at radius 2 is 2.00 bits per heavy atom. The molecule has 0 amide bonds. The molecule has 108 valence electrons. The van der Waals surface area contributed by atoms with Crippen LogP contribution in [0.25, 0.3) is 0 Å². The zero-order valence-corrected chi connectivity index (χ0v) is 11.7. The van der Waals surface area contributed by atoms with E-state index in [9.17, 15) is 19.3 Å². The van der Waals surface area contributed by atoms with E-state index in [1.165, 1.54) is 42.1 Å². The summed E-state index contributed by atoms with van der Waals surface area (Å²) in [6, 6.07) is 9.42. The van der Waals surface area contributed by atoms with Crippen molar-refractivity contribution in [2.75, 3.05) is 6.26 Å². The Hall–Kier alpha value is -2.41. The SMILES string of the molecule is CSc1ccc(C(=O)Oc2ccccc2F)cc1[N+](=O)[O-]. The molecule has 0 atom stereocenters. The van der Waals surface area contributed by atoms with Crippen LogP contribution in [0.3, 0.4) is 0 Å². The Bertz CT molecular complexity index is 705. The van der Waals surface area contributed by atoms with Gasteiger partial charge in [0, 0.05) is 6.07 Å². The molecule has 5 nitrogen and oxygen atoms in total. The fourth-order valence-corrected chi connectivity index (χ4v) is 2.19. The van der Waals surface area contributed by atoms with E-state index >= 15 is 0 Å². The summed E-state index contributed by atoms with van der Waals surface area (Å²) in [5.41, 5.74) is -0.201.